The number of aromatic nitrogens is 2. The van der Waals surface area contributed by atoms with Gasteiger partial charge in [-0.15, -0.1) is 0 Å². The van der Waals surface area contributed by atoms with E-state index in [1.54, 1.807) is 12.1 Å². The van der Waals surface area contributed by atoms with Crippen LogP contribution in [0.25, 0.3) is 0 Å². The Kier molecular flexibility index (Phi) is 3.08. The van der Waals surface area contributed by atoms with Gasteiger partial charge in [0.15, 0.2) is 0 Å². The standard InChI is InChI=1S/C11H10Cl2N2O/c1-7(8-2-4-9(12)5-3-8)15-11(16)6-10(13)14-15/h2-7,14H,1H3. The van der Waals surface area contributed by atoms with E-state index in [9.17, 15) is 4.79 Å². The van der Waals surface area contributed by atoms with Gasteiger partial charge in [0, 0.05) is 11.1 Å². The van der Waals surface area contributed by atoms with Gasteiger partial charge >= 0.3 is 0 Å². The summed E-state index contributed by atoms with van der Waals surface area (Å²) in [5.74, 6) is 0. The first-order chi connectivity index (χ1) is 7.58. The minimum Gasteiger partial charge on any atom is -0.284 e. The van der Waals surface area contributed by atoms with Gasteiger partial charge in [-0.05, 0) is 24.6 Å². The smallest absolute Gasteiger partial charge is 0.268 e. The highest BCUT2D eigenvalue weighted by molar-refractivity contribution is 6.30. The Bertz CT molecular complexity index is 542. The Labute approximate surface area is 103 Å². The van der Waals surface area contributed by atoms with Crippen molar-refractivity contribution in [1.29, 1.82) is 0 Å². The van der Waals surface area contributed by atoms with Crippen LogP contribution < -0.4 is 5.56 Å². The maximum Gasteiger partial charge on any atom is 0.268 e. The van der Waals surface area contributed by atoms with E-state index >= 15 is 0 Å². The number of nitrogens with one attached hydrogen (secondary N) is 1. The second-order valence-electron chi connectivity index (χ2n) is 3.54. The van der Waals surface area contributed by atoms with Crippen LogP contribution in [-0.4, -0.2) is 9.78 Å². The quantitative estimate of drug-likeness (QED) is 0.881. The highest BCUT2D eigenvalue weighted by Crippen LogP contribution is 2.18. The third-order valence-corrected chi connectivity index (χ3v) is 2.90. The summed E-state index contributed by atoms with van der Waals surface area (Å²) in [5, 5.41) is 3.81. The van der Waals surface area contributed by atoms with E-state index in [-0.39, 0.29) is 11.6 Å². The summed E-state index contributed by atoms with van der Waals surface area (Å²) < 4.78 is 1.48. The molecule has 2 rings (SSSR count). The van der Waals surface area contributed by atoms with Gasteiger partial charge in [0.1, 0.15) is 5.15 Å². The maximum atomic E-state index is 11.5. The van der Waals surface area contributed by atoms with E-state index in [0.717, 1.165) is 5.56 Å². The van der Waals surface area contributed by atoms with Gasteiger partial charge in [-0.2, -0.15) is 0 Å². The molecule has 2 aromatic rings. The fourth-order valence-corrected chi connectivity index (χ4v) is 1.87. The van der Waals surface area contributed by atoms with Crippen LogP contribution in [0.4, 0.5) is 0 Å². The molecule has 16 heavy (non-hydrogen) atoms. The molecule has 0 fully saturated rings. The molecule has 1 aromatic carbocycles. The largest absolute Gasteiger partial charge is 0.284 e. The highest BCUT2D eigenvalue weighted by atomic mass is 35.5. The lowest BCUT2D eigenvalue weighted by Crippen LogP contribution is -2.20. The van der Waals surface area contributed by atoms with Crippen molar-refractivity contribution in [2.75, 3.05) is 0 Å². The third kappa shape index (κ3) is 2.15. The number of nitrogens with zero attached hydrogens (tertiary/aromatic N) is 1. The van der Waals surface area contributed by atoms with E-state index in [2.05, 4.69) is 5.10 Å². The predicted molar refractivity (Wildman–Crippen MR) is 65.3 cm³/mol. The van der Waals surface area contributed by atoms with Crippen LogP contribution in [0.2, 0.25) is 10.2 Å². The van der Waals surface area contributed by atoms with E-state index in [1.165, 1.54) is 10.7 Å². The van der Waals surface area contributed by atoms with Crippen LogP contribution in [0.15, 0.2) is 35.1 Å². The molecule has 0 saturated heterocycles. The molecule has 84 valence electrons. The first-order valence-electron chi connectivity index (χ1n) is 4.80. The van der Waals surface area contributed by atoms with Crippen LogP contribution in [0.3, 0.4) is 0 Å². The first kappa shape index (κ1) is 11.3. The molecule has 1 unspecified atom stereocenters. The van der Waals surface area contributed by atoms with Crippen LogP contribution in [0.5, 0.6) is 0 Å². The van der Waals surface area contributed by atoms with Crippen molar-refractivity contribution in [1.82, 2.24) is 9.78 Å². The molecular formula is C11H10Cl2N2O. The average molecular weight is 257 g/mol. The van der Waals surface area contributed by atoms with Crippen molar-refractivity contribution < 1.29 is 0 Å². The SMILES string of the molecule is CC(c1ccc(Cl)cc1)n1[nH]c(Cl)cc1=O. The summed E-state index contributed by atoms with van der Waals surface area (Å²) in [4.78, 5) is 11.5. The molecular weight excluding hydrogens is 247 g/mol. The van der Waals surface area contributed by atoms with Crippen molar-refractivity contribution in [2.45, 2.75) is 13.0 Å². The Morgan fingerprint density at radius 1 is 1.25 bits per heavy atom. The molecule has 0 aliphatic carbocycles. The normalized spacial score (nSPS) is 12.7. The number of halogens is 2. The van der Waals surface area contributed by atoms with Gasteiger partial charge in [-0.25, -0.2) is 4.68 Å². The lowest BCUT2D eigenvalue weighted by Gasteiger charge is -2.12. The van der Waals surface area contributed by atoms with Crippen molar-refractivity contribution in [3.63, 3.8) is 0 Å². The summed E-state index contributed by atoms with van der Waals surface area (Å²) >= 11 is 11.5. The Balaban J connectivity index is 2.38. The topological polar surface area (TPSA) is 37.8 Å². The van der Waals surface area contributed by atoms with Gasteiger partial charge in [0.25, 0.3) is 5.56 Å². The van der Waals surface area contributed by atoms with E-state index < -0.39 is 0 Å². The summed E-state index contributed by atoms with van der Waals surface area (Å²) in [5.41, 5.74) is 0.845. The van der Waals surface area contributed by atoms with Crippen LogP contribution in [0, 0.1) is 0 Å². The van der Waals surface area contributed by atoms with E-state index in [1.807, 2.05) is 19.1 Å². The Morgan fingerprint density at radius 3 is 2.38 bits per heavy atom. The van der Waals surface area contributed by atoms with Crippen LogP contribution >= 0.6 is 23.2 Å². The zero-order valence-electron chi connectivity index (χ0n) is 8.58. The summed E-state index contributed by atoms with van der Waals surface area (Å²) in [7, 11) is 0. The molecule has 0 aliphatic heterocycles. The minimum absolute atomic E-state index is 0.0998. The number of rotatable bonds is 2. The van der Waals surface area contributed by atoms with Gasteiger partial charge in [-0.1, -0.05) is 35.3 Å². The zero-order chi connectivity index (χ0) is 11.7. The lowest BCUT2D eigenvalue weighted by molar-refractivity contribution is 0.548. The van der Waals surface area contributed by atoms with Crippen LogP contribution in [-0.2, 0) is 0 Å². The molecule has 3 nitrogen and oxygen atoms in total. The number of aromatic amines is 1. The molecule has 1 atom stereocenters. The summed E-state index contributed by atoms with van der Waals surface area (Å²) in [6.07, 6.45) is 0. The minimum atomic E-state index is -0.146. The number of hydrogen-bond acceptors (Lipinski definition) is 1. The van der Waals surface area contributed by atoms with Crippen molar-refractivity contribution in [3.8, 4) is 0 Å². The molecule has 0 bridgehead atoms. The monoisotopic (exact) mass is 256 g/mol. The molecule has 0 saturated carbocycles. The molecule has 0 aliphatic rings. The van der Waals surface area contributed by atoms with Gasteiger partial charge in [0.05, 0.1) is 6.04 Å². The van der Waals surface area contributed by atoms with Gasteiger partial charge in [0.2, 0.25) is 0 Å². The summed E-state index contributed by atoms with van der Waals surface area (Å²) in [6.45, 7) is 1.91. The highest BCUT2D eigenvalue weighted by Gasteiger charge is 2.11. The first-order valence-corrected chi connectivity index (χ1v) is 5.56. The molecule has 1 aromatic heterocycles. The number of H-pyrrole nitrogens is 1. The molecule has 1 heterocycles. The van der Waals surface area contributed by atoms with Crippen molar-refractivity contribution in [2.24, 2.45) is 0 Å². The fourth-order valence-electron chi connectivity index (χ4n) is 1.56. The predicted octanol–water partition coefficient (Wildman–Crippen LogP) is 3.09. The summed E-state index contributed by atoms with van der Waals surface area (Å²) in [6, 6.07) is 8.61. The molecule has 1 N–H and O–H groups in total. The number of hydrogen-bond donors (Lipinski definition) is 1. The Hall–Kier alpha value is -1.19. The second-order valence-corrected chi connectivity index (χ2v) is 4.38. The fraction of sp³-hybridized carbons (Fsp3) is 0.182. The van der Waals surface area contributed by atoms with Gasteiger partial charge < -0.3 is 0 Å². The maximum absolute atomic E-state index is 11.5. The van der Waals surface area contributed by atoms with Gasteiger partial charge in [-0.3, -0.25) is 9.89 Å². The molecule has 5 heteroatoms. The lowest BCUT2D eigenvalue weighted by atomic mass is 10.1. The molecule has 0 spiro atoms. The van der Waals surface area contributed by atoms with Crippen molar-refractivity contribution >= 4 is 23.2 Å². The van der Waals surface area contributed by atoms with E-state index in [0.29, 0.717) is 10.2 Å². The second kappa shape index (κ2) is 4.36. The Morgan fingerprint density at radius 2 is 1.88 bits per heavy atom. The average Bonchev–Trinajstić information content (AvgIpc) is 2.58. The van der Waals surface area contributed by atoms with Crippen LogP contribution in [0.1, 0.15) is 18.5 Å². The molecule has 0 radical (unpaired) electrons. The van der Waals surface area contributed by atoms with E-state index in [4.69, 9.17) is 23.2 Å². The number of benzene rings is 1. The molecule has 0 amide bonds. The van der Waals surface area contributed by atoms with Crippen molar-refractivity contribution in [3.05, 3.63) is 56.4 Å². The zero-order valence-corrected chi connectivity index (χ0v) is 10.1. The third-order valence-electron chi connectivity index (χ3n) is 2.45.